The summed E-state index contributed by atoms with van der Waals surface area (Å²) in [6.45, 7) is 5.96. The highest BCUT2D eigenvalue weighted by Gasteiger charge is 2.06. The lowest BCUT2D eigenvalue weighted by Gasteiger charge is -2.11. The molecule has 1 aromatic rings. The average molecular weight is 208 g/mol. The third-order valence-electron chi connectivity index (χ3n) is 2.78. The Labute approximate surface area is 92.5 Å². The number of halogens is 1. The van der Waals surface area contributed by atoms with Gasteiger partial charge in [-0.15, -0.1) is 0 Å². The topological polar surface area (TPSA) is 0 Å². The fourth-order valence-electron chi connectivity index (χ4n) is 1.79. The molecule has 1 atom stereocenters. The molecule has 84 valence electrons. The van der Waals surface area contributed by atoms with Crippen molar-refractivity contribution in [1.82, 2.24) is 0 Å². The van der Waals surface area contributed by atoms with Gasteiger partial charge in [0.25, 0.3) is 0 Å². The molecule has 0 aromatic heterocycles. The van der Waals surface area contributed by atoms with Gasteiger partial charge in [0, 0.05) is 5.92 Å². The van der Waals surface area contributed by atoms with Crippen molar-refractivity contribution in [3.05, 3.63) is 34.9 Å². The molecule has 1 unspecified atom stereocenters. The maximum absolute atomic E-state index is 12.6. The summed E-state index contributed by atoms with van der Waals surface area (Å²) in [7, 11) is 0. The van der Waals surface area contributed by atoms with E-state index in [1.54, 1.807) is 0 Å². The molecular weight excluding hydrogens is 187 g/mol. The molecule has 1 aromatic carbocycles. The van der Waals surface area contributed by atoms with E-state index in [-0.39, 0.29) is 12.6 Å². The zero-order valence-corrected chi connectivity index (χ0v) is 10.0. The molecule has 15 heavy (non-hydrogen) atoms. The molecule has 1 heteroatoms. The minimum atomic E-state index is -0.267. The fraction of sp³-hybridized carbons (Fsp3) is 0.571. The SMILES string of the molecule is CCCCc1cc(C)cc(C(C)CF)c1. The van der Waals surface area contributed by atoms with E-state index in [9.17, 15) is 4.39 Å². The number of hydrogen-bond donors (Lipinski definition) is 0. The second-order valence-electron chi connectivity index (χ2n) is 4.41. The number of benzene rings is 1. The zero-order valence-electron chi connectivity index (χ0n) is 10.0. The van der Waals surface area contributed by atoms with Crippen LogP contribution >= 0.6 is 0 Å². The predicted molar refractivity (Wildman–Crippen MR) is 64.2 cm³/mol. The molecular formula is C14H21F. The number of hydrogen-bond acceptors (Lipinski definition) is 0. The summed E-state index contributed by atoms with van der Waals surface area (Å²) < 4.78 is 12.6. The van der Waals surface area contributed by atoms with Crippen LogP contribution in [0.3, 0.4) is 0 Å². The van der Waals surface area contributed by atoms with Gasteiger partial charge in [0.2, 0.25) is 0 Å². The third kappa shape index (κ3) is 3.65. The van der Waals surface area contributed by atoms with Crippen LogP contribution in [-0.4, -0.2) is 6.67 Å². The first-order valence-corrected chi connectivity index (χ1v) is 5.83. The van der Waals surface area contributed by atoms with Crippen LogP contribution in [0.15, 0.2) is 18.2 Å². The molecule has 0 radical (unpaired) electrons. The molecule has 0 amide bonds. The summed E-state index contributed by atoms with van der Waals surface area (Å²) in [5.74, 6) is 0.0327. The lowest BCUT2D eigenvalue weighted by Crippen LogP contribution is -1.98. The van der Waals surface area contributed by atoms with Gasteiger partial charge < -0.3 is 0 Å². The first kappa shape index (κ1) is 12.2. The van der Waals surface area contributed by atoms with E-state index in [2.05, 4.69) is 32.0 Å². The lowest BCUT2D eigenvalue weighted by atomic mass is 9.96. The molecule has 0 spiro atoms. The first-order valence-electron chi connectivity index (χ1n) is 5.83. The predicted octanol–water partition coefficient (Wildman–Crippen LogP) is 4.41. The van der Waals surface area contributed by atoms with E-state index >= 15 is 0 Å². The molecule has 0 saturated heterocycles. The summed E-state index contributed by atoms with van der Waals surface area (Å²) in [6.07, 6.45) is 3.54. The van der Waals surface area contributed by atoms with Crippen LogP contribution in [-0.2, 0) is 6.42 Å². The smallest absolute Gasteiger partial charge is 0.0960 e. The van der Waals surface area contributed by atoms with Crippen molar-refractivity contribution in [2.75, 3.05) is 6.67 Å². The molecule has 0 aliphatic carbocycles. The molecule has 0 fully saturated rings. The van der Waals surface area contributed by atoms with E-state index in [1.807, 2.05) is 6.92 Å². The van der Waals surface area contributed by atoms with E-state index < -0.39 is 0 Å². The number of aryl methyl sites for hydroxylation is 2. The van der Waals surface area contributed by atoms with Crippen LogP contribution in [0.2, 0.25) is 0 Å². The minimum absolute atomic E-state index is 0.0327. The van der Waals surface area contributed by atoms with Crippen LogP contribution in [0.1, 0.15) is 49.3 Å². The monoisotopic (exact) mass is 208 g/mol. The van der Waals surface area contributed by atoms with Gasteiger partial charge in [-0.25, -0.2) is 0 Å². The van der Waals surface area contributed by atoms with Crippen LogP contribution in [0, 0.1) is 6.92 Å². The Morgan fingerprint density at radius 3 is 2.60 bits per heavy atom. The van der Waals surface area contributed by atoms with E-state index in [1.165, 1.54) is 24.0 Å². The highest BCUT2D eigenvalue weighted by Crippen LogP contribution is 2.20. The Morgan fingerprint density at radius 2 is 2.00 bits per heavy atom. The Hall–Kier alpha value is -0.850. The molecule has 1 rings (SSSR count). The standard InChI is InChI=1S/C14H21F/c1-4-5-6-13-7-11(2)8-14(9-13)12(3)10-15/h7-9,12H,4-6,10H2,1-3H3. The normalized spacial score (nSPS) is 12.8. The molecule has 0 heterocycles. The Balaban J connectivity index is 2.84. The third-order valence-corrected chi connectivity index (χ3v) is 2.78. The van der Waals surface area contributed by atoms with Crippen molar-refractivity contribution in [3.8, 4) is 0 Å². The van der Waals surface area contributed by atoms with Crippen LogP contribution in [0.25, 0.3) is 0 Å². The quantitative estimate of drug-likeness (QED) is 0.672. The van der Waals surface area contributed by atoms with Gasteiger partial charge in [0.05, 0.1) is 6.67 Å². The fourth-order valence-corrected chi connectivity index (χ4v) is 1.79. The van der Waals surface area contributed by atoms with Crippen LogP contribution in [0.5, 0.6) is 0 Å². The Morgan fingerprint density at radius 1 is 1.27 bits per heavy atom. The van der Waals surface area contributed by atoms with Gasteiger partial charge in [-0.1, -0.05) is 44.0 Å². The van der Waals surface area contributed by atoms with Gasteiger partial charge in [0.1, 0.15) is 0 Å². The Bertz CT molecular complexity index is 304. The molecule has 0 N–H and O–H groups in total. The summed E-state index contributed by atoms with van der Waals surface area (Å²) in [4.78, 5) is 0. The van der Waals surface area contributed by atoms with Crippen LogP contribution < -0.4 is 0 Å². The second-order valence-corrected chi connectivity index (χ2v) is 4.41. The largest absolute Gasteiger partial charge is 0.250 e. The van der Waals surface area contributed by atoms with Crippen molar-refractivity contribution in [2.45, 2.75) is 46.0 Å². The van der Waals surface area contributed by atoms with Gasteiger partial charge in [-0.3, -0.25) is 4.39 Å². The van der Waals surface area contributed by atoms with Gasteiger partial charge in [0.15, 0.2) is 0 Å². The molecule has 0 nitrogen and oxygen atoms in total. The molecule has 0 aliphatic rings. The van der Waals surface area contributed by atoms with E-state index in [4.69, 9.17) is 0 Å². The van der Waals surface area contributed by atoms with Gasteiger partial charge in [-0.05, 0) is 30.9 Å². The van der Waals surface area contributed by atoms with Crippen molar-refractivity contribution < 1.29 is 4.39 Å². The first-order chi connectivity index (χ1) is 7.17. The zero-order chi connectivity index (χ0) is 11.3. The maximum Gasteiger partial charge on any atom is 0.0960 e. The summed E-state index contributed by atoms with van der Waals surface area (Å²) in [5, 5.41) is 0. The van der Waals surface area contributed by atoms with Crippen molar-refractivity contribution in [2.24, 2.45) is 0 Å². The summed E-state index contributed by atoms with van der Waals surface area (Å²) in [5.41, 5.74) is 3.75. The van der Waals surface area contributed by atoms with Crippen molar-refractivity contribution >= 4 is 0 Å². The molecule has 0 bridgehead atoms. The highest BCUT2D eigenvalue weighted by molar-refractivity contribution is 5.31. The van der Waals surface area contributed by atoms with Gasteiger partial charge >= 0.3 is 0 Å². The highest BCUT2D eigenvalue weighted by atomic mass is 19.1. The van der Waals surface area contributed by atoms with Gasteiger partial charge in [-0.2, -0.15) is 0 Å². The van der Waals surface area contributed by atoms with Crippen molar-refractivity contribution in [3.63, 3.8) is 0 Å². The lowest BCUT2D eigenvalue weighted by molar-refractivity contribution is 0.447. The number of unbranched alkanes of at least 4 members (excludes halogenated alkanes) is 1. The number of rotatable bonds is 5. The summed E-state index contributed by atoms with van der Waals surface area (Å²) >= 11 is 0. The second kappa shape index (κ2) is 5.89. The Kier molecular flexibility index (Phi) is 4.80. The molecule has 0 aliphatic heterocycles. The van der Waals surface area contributed by atoms with Crippen LogP contribution in [0.4, 0.5) is 4.39 Å². The number of alkyl halides is 1. The van der Waals surface area contributed by atoms with E-state index in [0.29, 0.717) is 0 Å². The van der Waals surface area contributed by atoms with E-state index in [0.717, 1.165) is 12.0 Å². The van der Waals surface area contributed by atoms with Crippen molar-refractivity contribution in [1.29, 1.82) is 0 Å². The summed E-state index contributed by atoms with van der Waals surface area (Å²) in [6, 6.07) is 6.47. The minimum Gasteiger partial charge on any atom is -0.250 e. The maximum atomic E-state index is 12.6. The molecule has 0 saturated carbocycles. The average Bonchev–Trinajstić information content (AvgIpc) is 2.24.